The summed E-state index contributed by atoms with van der Waals surface area (Å²) in [5.41, 5.74) is 4.60. The van der Waals surface area contributed by atoms with Crippen LogP contribution >= 0.6 is 0 Å². The van der Waals surface area contributed by atoms with Crippen LogP contribution in [0, 0.1) is 0 Å². The molecule has 0 aromatic heterocycles. The van der Waals surface area contributed by atoms with Crippen molar-refractivity contribution in [2.75, 3.05) is 0 Å². The standard InChI is InChI=1S/C18H30.C2H6/c1-7-13(4)16-10-17(14(5)8-2)12-18(11-16)15(6)9-3;1-2/h10-15H,7-9H2,1-6H3;1-2H3. The highest BCUT2D eigenvalue weighted by molar-refractivity contribution is 5.35. The van der Waals surface area contributed by atoms with Crippen LogP contribution < -0.4 is 0 Å². The van der Waals surface area contributed by atoms with Crippen molar-refractivity contribution in [3.05, 3.63) is 34.9 Å². The van der Waals surface area contributed by atoms with Crippen molar-refractivity contribution in [1.29, 1.82) is 0 Å². The first-order valence-electron chi connectivity index (χ1n) is 8.68. The van der Waals surface area contributed by atoms with Gasteiger partial charge in [-0.05, 0) is 53.7 Å². The fraction of sp³-hybridized carbons (Fsp3) is 0.700. The van der Waals surface area contributed by atoms with E-state index in [9.17, 15) is 0 Å². The maximum absolute atomic E-state index is 2.44. The Balaban J connectivity index is 0.00000172. The molecule has 0 spiro atoms. The van der Waals surface area contributed by atoms with Crippen molar-refractivity contribution >= 4 is 0 Å². The summed E-state index contributed by atoms with van der Waals surface area (Å²) in [7, 11) is 0. The number of benzene rings is 1. The third-order valence-electron chi connectivity index (χ3n) is 4.54. The zero-order chi connectivity index (χ0) is 15.7. The van der Waals surface area contributed by atoms with E-state index in [-0.39, 0.29) is 0 Å². The van der Waals surface area contributed by atoms with Gasteiger partial charge < -0.3 is 0 Å². The molecule has 0 amide bonds. The minimum atomic E-state index is 0.678. The lowest BCUT2D eigenvalue weighted by atomic mass is 9.86. The molecular formula is C20H36. The quantitative estimate of drug-likeness (QED) is 0.513. The second kappa shape index (κ2) is 10.0. The van der Waals surface area contributed by atoms with Crippen LogP contribution in [0.4, 0.5) is 0 Å². The average molecular weight is 277 g/mol. The van der Waals surface area contributed by atoms with Gasteiger partial charge in [0, 0.05) is 0 Å². The lowest BCUT2D eigenvalue weighted by Gasteiger charge is -2.19. The Kier molecular flexibility index (Phi) is 9.63. The molecule has 0 radical (unpaired) electrons. The highest BCUT2D eigenvalue weighted by atomic mass is 14.2. The smallest absolute Gasteiger partial charge is 0.0193 e. The minimum absolute atomic E-state index is 0.678. The van der Waals surface area contributed by atoms with E-state index in [1.165, 1.54) is 36.0 Å². The summed E-state index contributed by atoms with van der Waals surface area (Å²) < 4.78 is 0. The van der Waals surface area contributed by atoms with Gasteiger partial charge in [0.05, 0.1) is 0 Å². The second-order valence-corrected chi connectivity index (χ2v) is 5.86. The van der Waals surface area contributed by atoms with Gasteiger partial charge >= 0.3 is 0 Å². The van der Waals surface area contributed by atoms with Gasteiger partial charge in [-0.1, -0.05) is 73.6 Å². The number of hydrogen-bond acceptors (Lipinski definition) is 0. The predicted octanol–water partition coefficient (Wildman–Crippen LogP) is 7.25. The first-order chi connectivity index (χ1) is 9.53. The van der Waals surface area contributed by atoms with Crippen LogP contribution in [0.15, 0.2) is 18.2 Å². The molecule has 0 N–H and O–H groups in total. The minimum Gasteiger partial charge on any atom is -0.0683 e. The van der Waals surface area contributed by atoms with Gasteiger partial charge in [-0.3, -0.25) is 0 Å². The van der Waals surface area contributed by atoms with Crippen LogP contribution in [0.2, 0.25) is 0 Å². The summed E-state index contributed by atoms with van der Waals surface area (Å²) in [6, 6.07) is 7.32. The molecule has 0 heterocycles. The summed E-state index contributed by atoms with van der Waals surface area (Å²) in [5.74, 6) is 2.03. The maximum Gasteiger partial charge on any atom is -0.0193 e. The van der Waals surface area contributed by atoms with Crippen LogP contribution in [0.5, 0.6) is 0 Å². The third kappa shape index (κ3) is 5.31. The molecule has 1 rings (SSSR count). The van der Waals surface area contributed by atoms with Crippen molar-refractivity contribution in [2.24, 2.45) is 0 Å². The Morgan fingerprint density at radius 1 is 0.600 bits per heavy atom. The molecule has 3 atom stereocenters. The van der Waals surface area contributed by atoms with E-state index in [1.54, 1.807) is 0 Å². The lowest BCUT2D eigenvalue weighted by Crippen LogP contribution is -2.01. The van der Waals surface area contributed by atoms with E-state index in [4.69, 9.17) is 0 Å². The maximum atomic E-state index is 2.44. The van der Waals surface area contributed by atoms with Crippen molar-refractivity contribution in [3.8, 4) is 0 Å². The first-order valence-corrected chi connectivity index (χ1v) is 8.68. The van der Waals surface area contributed by atoms with Gasteiger partial charge in [0.1, 0.15) is 0 Å². The molecule has 0 saturated heterocycles. The van der Waals surface area contributed by atoms with Gasteiger partial charge in [-0.2, -0.15) is 0 Å². The van der Waals surface area contributed by atoms with E-state index < -0.39 is 0 Å². The van der Waals surface area contributed by atoms with Crippen LogP contribution in [0.25, 0.3) is 0 Å². The van der Waals surface area contributed by atoms with E-state index in [1.807, 2.05) is 13.8 Å². The van der Waals surface area contributed by atoms with Crippen LogP contribution in [-0.4, -0.2) is 0 Å². The van der Waals surface area contributed by atoms with Gasteiger partial charge in [0.25, 0.3) is 0 Å². The molecular weight excluding hydrogens is 240 g/mol. The Labute approximate surface area is 128 Å². The molecule has 0 aliphatic rings. The van der Waals surface area contributed by atoms with E-state index >= 15 is 0 Å². The molecule has 0 saturated carbocycles. The topological polar surface area (TPSA) is 0 Å². The number of hydrogen-bond donors (Lipinski definition) is 0. The second-order valence-electron chi connectivity index (χ2n) is 5.86. The molecule has 3 unspecified atom stereocenters. The zero-order valence-electron chi connectivity index (χ0n) is 15.1. The molecule has 0 heteroatoms. The summed E-state index contributed by atoms with van der Waals surface area (Å²) in [5, 5.41) is 0. The van der Waals surface area contributed by atoms with Crippen LogP contribution in [0.1, 0.15) is 109 Å². The highest BCUT2D eigenvalue weighted by Gasteiger charge is 2.12. The molecule has 0 aliphatic carbocycles. The average Bonchev–Trinajstić information content (AvgIpc) is 2.53. The molecule has 20 heavy (non-hydrogen) atoms. The molecule has 0 nitrogen and oxygen atoms in total. The fourth-order valence-corrected chi connectivity index (χ4v) is 2.26. The van der Waals surface area contributed by atoms with Crippen molar-refractivity contribution in [1.82, 2.24) is 0 Å². The highest BCUT2D eigenvalue weighted by Crippen LogP contribution is 2.30. The normalized spacial score (nSPS) is 15.0. The van der Waals surface area contributed by atoms with E-state index in [0.29, 0.717) is 17.8 Å². The van der Waals surface area contributed by atoms with Crippen LogP contribution in [-0.2, 0) is 0 Å². The monoisotopic (exact) mass is 276 g/mol. The van der Waals surface area contributed by atoms with Gasteiger partial charge in [-0.25, -0.2) is 0 Å². The van der Waals surface area contributed by atoms with Crippen molar-refractivity contribution in [3.63, 3.8) is 0 Å². The zero-order valence-corrected chi connectivity index (χ0v) is 15.1. The van der Waals surface area contributed by atoms with Crippen LogP contribution in [0.3, 0.4) is 0 Å². The summed E-state index contributed by atoms with van der Waals surface area (Å²) in [6.45, 7) is 17.9. The number of rotatable bonds is 6. The predicted molar refractivity (Wildman–Crippen MR) is 93.9 cm³/mol. The van der Waals surface area contributed by atoms with E-state index in [0.717, 1.165) is 0 Å². The molecule has 0 fully saturated rings. The Bertz CT molecular complexity index is 295. The molecule has 0 bridgehead atoms. The van der Waals surface area contributed by atoms with Gasteiger partial charge in [-0.15, -0.1) is 0 Å². The Hall–Kier alpha value is -0.780. The molecule has 0 aliphatic heterocycles. The SMILES string of the molecule is CC.CCC(C)c1cc(C(C)CC)cc(C(C)CC)c1. The lowest BCUT2D eigenvalue weighted by molar-refractivity contribution is 0.690. The summed E-state index contributed by atoms with van der Waals surface area (Å²) in [4.78, 5) is 0. The third-order valence-corrected chi connectivity index (χ3v) is 4.54. The van der Waals surface area contributed by atoms with Gasteiger partial charge in [0.2, 0.25) is 0 Å². The molecule has 1 aromatic carbocycles. The largest absolute Gasteiger partial charge is 0.0683 e. The van der Waals surface area contributed by atoms with E-state index in [2.05, 4.69) is 59.7 Å². The first kappa shape index (κ1) is 19.2. The summed E-state index contributed by atoms with van der Waals surface area (Å²) >= 11 is 0. The fourth-order valence-electron chi connectivity index (χ4n) is 2.26. The Morgan fingerprint density at radius 2 is 0.800 bits per heavy atom. The van der Waals surface area contributed by atoms with Gasteiger partial charge in [0.15, 0.2) is 0 Å². The Morgan fingerprint density at radius 3 is 0.950 bits per heavy atom. The molecule has 116 valence electrons. The molecule has 1 aromatic rings. The van der Waals surface area contributed by atoms with Crippen molar-refractivity contribution in [2.45, 2.75) is 92.4 Å². The van der Waals surface area contributed by atoms with Crippen molar-refractivity contribution < 1.29 is 0 Å². The summed E-state index contributed by atoms with van der Waals surface area (Å²) in [6.07, 6.45) is 3.68.